The first-order chi connectivity index (χ1) is 13.0. The van der Waals surface area contributed by atoms with Gasteiger partial charge in [0.05, 0.1) is 11.9 Å². The average Bonchev–Trinajstić information content (AvgIpc) is 3.25. The zero-order valence-corrected chi connectivity index (χ0v) is 16.1. The molecule has 27 heavy (non-hydrogen) atoms. The van der Waals surface area contributed by atoms with Crippen molar-refractivity contribution in [3.8, 4) is 0 Å². The quantitative estimate of drug-likeness (QED) is 0.824. The van der Waals surface area contributed by atoms with E-state index in [-0.39, 0.29) is 22.9 Å². The summed E-state index contributed by atoms with van der Waals surface area (Å²) >= 11 is 1.39. The minimum Gasteiger partial charge on any atom is -0.345 e. The fraction of sp³-hybridized carbons (Fsp3) is 0.526. The van der Waals surface area contributed by atoms with Crippen molar-refractivity contribution in [3.05, 3.63) is 40.4 Å². The number of rotatable bonds is 5. The van der Waals surface area contributed by atoms with E-state index < -0.39 is 0 Å². The Morgan fingerprint density at radius 3 is 2.48 bits per heavy atom. The Labute approximate surface area is 162 Å². The summed E-state index contributed by atoms with van der Waals surface area (Å²) in [6.07, 6.45) is 10.7. The Bertz CT molecular complexity index is 855. The smallest absolute Gasteiger partial charge is 0.280 e. The Morgan fingerprint density at radius 1 is 1.11 bits per heavy atom. The van der Waals surface area contributed by atoms with Crippen LogP contribution in [0.2, 0.25) is 0 Å². The van der Waals surface area contributed by atoms with E-state index in [1.54, 1.807) is 6.20 Å². The van der Waals surface area contributed by atoms with Crippen LogP contribution in [0, 0.1) is 0 Å². The Morgan fingerprint density at radius 2 is 1.85 bits per heavy atom. The molecule has 8 heteroatoms. The number of amides is 2. The number of carbonyl (C=O) groups excluding carboxylic acids is 2. The summed E-state index contributed by atoms with van der Waals surface area (Å²) in [7, 11) is 0. The lowest BCUT2D eigenvalue weighted by molar-refractivity contribution is 0.0829. The molecule has 2 aliphatic carbocycles. The second-order valence-corrected chi connectivity index (χ2v) is 8.45. The van der Waals surface area contributed by atoms with Crippen LogP contribution in [0.5, 0.6) is 0 Å². The lowest BCUT2D eigenvalue weighted by atomic mass is 9.78. The number of nitrogens with one attached hydrogen (secondary N) is 2. The molecule has 0 radical (unpaired) electrons. The molecule has 0 aliphatic heterocycles. The van der Waals surface area contributed by atoms with Crippen LogP contribution in [0.1, 0.15) is 71.4 Å². The Kier molecular flexibility index (Phi) is 4.67. The van der Waals surface area contributed by atoms with Crippen LogP contribution in [-0.4, -0.2) is 37.8 Å². The van der Waals surface area contributed by atoms with Gasteiger partial charge in [0.2, 0.25) is 0 Å². The van der Waals surface area contributed by atoms with Crippen LogP contribution in [-0.2, 0) is 6.42 Å². The zero-order chi connectivity index (χ0) is 18.9. The molecule has 7 nitrogen and oxygen atoms in total. The van der Waals surface area contributed by atoms with Crippen LogP contribution in [0.15, 0.2) is 24.0 Å². The predicted molar refractivity (Wildman–Crippen MR) is 102 cm³/mol. The first-order valence-corrected chi connectivity index (χ1v) is 10.3. The van der Waals surface area contributed by atoms with Gasteiger partial charge in [0, 0.05) is 28.9 Å². The highest BCUT2D eigenvalue weighted by molar-refractivity contribution is 7.11. The van der Waals surface area contributed by atoms with Crippen LogP contribution in [0.3, 0.4) is 0 Å². The molecule has 2 aliphatic rings. The molecule has 2 unspecified atom stereocenters. The maximum absolute atomic E-state index is 12.7. The van der Waals surface area contributed by atoms with Crippen molar-refractivity contribution in [2.75, 3.05) is 0 Å². The van der Waals surface area contributed by atoms with Gasteiger partial charge in [-0.1, -0.05) is 6.92 Å². The number of carbonyl (C=O) groups is 2. The molecule has 0 spiro atoms. The topological polar surface area (TPSA) is 96.9 Å². The van der Waals surface area contributed by atoms with Crippen molar-refractivity contribution in [2.24, 2.45) is 0 Å². The van der Waals surface area contributed by atoms with Gasteiger partial charge in [0.15, 0.2) is 5.01 Å². The van der Waals surface area contributed by atoms with Crippen molar-refractivity contribution in [2.45, 2.75) is 62.9 Å². The zero-order valence-electron chi connectivity index (χ0n) is 15.3. The second-order valence-electron chi connectivity index (χ2n) is 7.59. The molecule has 2 fully saturated rings. The van der Waals surface area contributed by atoms with Gasteiger partial charge in [-0.05, 0) is 44.9 Å². The maximum atomic E-state index is 12.7. The Hall–Kier alpha value is -2.35. The summed E-state index contributed by atoms with van der Waals surface area (Å²) in [5.41, 5.74) is 0.734. The third-order valence-electron chi connectivity index (χ3n) is 5.73. The largest absolute Gasteiger partial charge is 0.345 e. The highest BCUT2D eigenvalue weighted by atomic mass is 32.1. The first-order valence-electron chi connectivity index (χ1n) is 9.39. The number of fused-ring (bicyclic) bond motifs is 2. The monoisotopic (exact) mass is 385 g/mol. The molecule has 2 N–H and O–H groups in total. The average molecular weight is 385 g/mol. The fourth-order valence-electron chi connectivity index (χ4n) is 4.42. The van der Waals surface area contributed by atoms with Crippen LogP contribution in [0.25, 0.3) is 0 Å². The normalized spacial score (nSPS) is 26.6. The van der Waals surface area contributed by atoms with Gasteiger partial charge in [-0.3, -0.25) is 14.6 Å². The van der Waals surface area contributed by atoms with E-state index in [2.05, 4.69) is 25.6 Å². The van der Waals surface area contributed by atoms with Gasteiger partial charge >= 0.3 is 0 Å². The van der Waals surface area contributed by atoms with Crippen molar-refractivity contribution in [3.63, 3.8) is 0 Å². The molecule has 142 valence electrons. The van der Waals surface area contributed by atoms with E-state index in [0.717, 1.165) is 50.6 Å². The maximum Gasteiger partial charge on any atom is 0.280 e. The second kappa shape index (κ2) is 6.99. The van der Waals surface area contributed by atoms with E-state index in [0.29, 0.717) is 10.7 Å². The summed E-state index contributed by atoms with van der Waals surface area (Å²) in [4.78, 5) is 37.7. The molecule has 2 bridgehead atoms. The standard InChI is InChI=1S/C19H23N5O2S/c1-2-13-11-27-17(22-13)16(26)24-19-5-3-4-18(12-19,6-7-19)23-15(25)14-10-20-8-9-21-14/h8-11H,2-7,12H2,1H3,(H,23,25)(H,24,26). The minimum atomic E-state index is -0.280. The fourth-order valence-corrected chi connectivity index (χ4v) is 5.22. The number of nitrogens with zero attached hydrogens (tertiary/aromatic N) is 3. The van der Waals surface area contributed by atoms with Gasteiger partial charge in [-0.2, -0.15) is 0 Å². The van der Waals surface area contributed by atoms with Crippen molar-refractivity contribution >= 4 is 23.2 Å². The van der Waals surface area contributed by atoms with Gasteiger partial charge in [0.25, 0.3) is 11.8 Å². The van der Waals surface area contributed by atoms with Crippen LogP contribution >= 0.6 is 11.3 Å². The summed E-state index contributed by atoms with van der Waals surface area (Å²) in [6.45, 7) is 2.03. The lowest BCUT2D eigenvalue weighted by Gasteiger charge is -2.40. The number of aromatic nitrogens is 3. The predicted octanol–water partition coefficient (Wildman–Crippen LogP) is 2.50. The van der Waals surface area contributed by atoms with Crippen molar-refractivity contribution in [1.29, 1.82) is 0 Å². The van der Waals surface area contributed by atoms with E-state index in [1.807, 2.05) is 12.3 Å². The minimum absolute atomic E-state index is 0.0994. The summed E-state index contributed by atoms with van der Waals surface area (Å²) in [5, 5.41) is 8.89. The molecule has 2 atom stereocenters. The third kappa shape index (κ3) is 3.58. The van der Waals surface area contributed by atoms with E-state index in [9.17, 15) is 9.59 Å². The highest BCUT2D eigenvalue weighted by Crippen LogP contribution is 2.48. The molecule has 2 aromatic heterocycles. The number of aryl methyl sites for hydroxylation is 1. The van der Waals surface area contributed by atoms with E-state index in [4.69, 9.17) is 0 Å². The third-order valence-corrected chi connectivity index (χ3v) is 6.62. The molecule has 2 saturated carbocycles. The number of hydrogen-bond acceptors (Lipinski definition) is 6. The van der Waals surface area contributed by atoms with Gasteiger partial charge in [-0.15, -0.1) is 11.3 Å². The molecule has 2 amide bonds. The SMILES string of the molecule is CCc1csc(C(=O)NC23CCCC(NC(=O)c4cnccn4)(CC2)C3)n1. The van der Waals surface area contributed by atoms with E-state index >= 15 is 0 Å². The van der Waals surface area contributed by atoms with E-state index in [1.165, 1.54) is 23.7 Å². The van der Waals surface area contributed by atoms with Crippen molar-refractivity contribution < 1.29 is 9.59 Å². The highest BCUT2D eigenvalue weighted by Gasteiger charge is 2.52. The molecule has 0 saturated heterocycles. The summed E-state index contributed by atoms with van der Waals surface area (Å²) < 4.78 is 0. The molecule has 4 rings (SSSR count). The van der Waals surface area contributed by atoms with Crippen LogP contribution < -0.4 is 10.6 Å². The molecular weight excluding hydrogens is 362 g/mol. The number of thiazole rings is 1. The van der Waals surface area contributed by atoms with Crippen LogP contribution in [0.4, 0.5) is 0 Å². The number of hydrogen-bond donors (Lipinski definition) is 2. The van der Waals surface area contributed by atoms with Crippen molar-refractivity contribution in [1.82, 2.24) is 25.6 Å². The van der Waals surface area contributed by atoms with Gasteiger partial charge in [0.1, 0.15) is 5.69 Å². The summed E-state index contributed by atoms with van der Waals surface area (Å²) in [6, 6.07) is 0. The molecule has 2 heterocycles. The molecule has 2 aromatic rings. The van der Waals surface area contributed by atoms with Gasteiger partial charge < -0.3 is 10.6 Å². The lowest BCUT2D eigenvalue weighted by Crippen LogP contribution is -2.55. The molecular formula is C19H23N5O2S. The van der Waals surface area contributed by atoms with Gasteiger partial charge in [-0.25, -0.2) is 9.97 Å². The Balaban J connectivity index is 1.46. The first kappa shape index (κ1) is 18.0. The molecule has 0 aromatic carbocycles. The summed E-state index contributed by atoms with van der Waals surface area (Å²) in [5.74, 6) is -0.294.